The van der Waals surface area contributed by atoms with Crippen molar-refractivity contribution < 1.29 is 9.53 Å². The van der Waals surface area contributed by atoms with E-state index in [9.17, 15) is 4.79 Å². The second-order valence-corrected chi connectivity index (χ2v) is 4.55. The molecule has 4 heteroatoms. The average Bonchev–Trinajstić information content (AvgIpc) is 2.44. The lowest BCUT2D eigenvalue weighted by Crippen LogP contribution is -2.38. The first-order chi connectivity index (χ1) is 9.17. The first-order valence-electron chi connectivity index (χ1n) is 6.79. The Morgan fingerprint density at radius 1 is 1.32 bits per heavy atom. The van der Waals surface area contributed by atoms with Crippen LogP contribution in [0.25, 0.3) is 0 Å². The Bertz CT molecular complexity index is 376. The zero-order chi connectivity index (χ0) is 14.1. The molecule has 1 atom stereocenters. The number of methoxy groups -OCH3 is 1. The molecule has 106 valence electrons. The third-order valence-corrected chi connectivity index (χ3v) is 2.96. The van der Waals surface area contributed by atoms with Crippen molar-refractivity contribution in [3.63, 3.8) is 0 Å². The number of hydrogen-bond acceptors (Lipinski definition) is 3. The van der Waals surface area contributed by atoms with Crippen LogP contribution in [0.5, 0.6) is 0 Å². The van der Waals surface area contributed by atoms with Gasteiger partial charge in [0.05, 0.1) is 0 Å². The number of anilines is 1. The van der Waals surface area contributed by atoms with Gasteiger partial charge in [0, 0.05) is 25.9 Å². The summed E-state index contributed by atoms with van der Waals surface area (Å²) >= 11 is 0. The summed E-state index contributed by atoms with van der Waals surface area (Å²) in [5.74, 6) is 0.00988. The maximum absolute atomic E-state index is 11.8. The van der Waals surface area contributed by atoms with Gasteiger partial charge in [0.2, 0.25) is 5.91 Å². The largest absolute Gasteiger partial charge is 0.385 e. The minimum absolute atomic E-state index is 0.00988. The molecule has 1 aromatic rings. The molecule has 0 saturated carbocycles. The molecular weight excluding hydrogens is 240 g/mol. The second-order valence-electron chi connectivity index (χ2n) is 4.55. The minimum atomic E-state index is -0.241. The second kappa shape index (κ2) is 8.53. The van der Waals surface area contributed by atoms with E-state index in [1.54, 1.807) is 7.11 Å². The lowest BCUT2D eigenvalue weighted by molar-refractivity contribution is -0.121. The molecule has 0 aliphatic carbocycles. The summed E-state index contributed by atoms with van der Waals surface area (Å²) in [5.41, 5.74) is 2.26. The van der Waals surface area contributed by atoms with Gasteiger partial charge in [0.25, 0.3) is 0 Å². The number of rotatable bonds is 8. The Labute approximate surface area is 115 Å². The standard InChI is InChI=1S/C15H24N2O2/c1-4-13-6-8-14(9-7-13)17-12(2)15(18)16-10-5-11-19-3/h6-9,12,17H,4-5,10-11H2,1-3H3,(H,16,18). The summed E-state index contributed by atoms with van der Waals surface area (Å²) in [5, 5.41) is 6.07. The van der Waals surface area contributed by atoms with Crippen LogP contribution >= 0.6 is 0 Å². The molecule has 1 rings (SSSR count). The molecule has 0 aliphatic rings. The van der Waals surface area contributed by atoms with Crippen LogP contribution in [0.2, 0.25) is 0 Å². The molecule has 0 aromatic heterocycles. The zero-order valence-corrected chi connectivity index (χ0v) is 12.0. The number of hydrogen-bond donors (Lipinski definition) is 2. The molecule has 0 spiro atoms. The number of carbonyl (C=O) groups excluding carboxylic acids is 1. The number of amides is 1. The number of nitrogens with one attached hydrogen (secondary N) is 2. The number of carbonyl (C=O) groups is 1. The smallest absolute Gasteiger partial charge is 0.242 e. The summed E-state index contributed by atoms with van der Waals surface area (Å²) in [6.45, 7) is 5.30. The fraction of sp³-hybridized carbons (Fsp3) is 0.533. The molecule has 4 nitrogen and oxygen atoms in total. The molecule has 1 amide bonds. The predicted molar refractivity (Wildman–Crippen MR) is 78.4 cm³/mol. The third-order valence-electron chi connectivity index (χ3n) is 2.96. The van der Waals surface area contributed by atoms with Gasteiger partial charge in [-0.3, -0.25) is 4.79 Å². The van der Waals surface area contributed by atoms with Crippen LogP contribution in [0.4, 0.5) is 5.69 Å². The fourth-order valence-electron chi connectivity index (χ4n) is 1.73. The predicted octanol–water partition coefficient (Wildman–Crippen LogP) is 2.20. The number of benzene rings is 1. The highest BCUT2D eigenvalue weighted by Crippen LogP contribution is 2.11. The maximum Gasteiger partial charge on any atom is 0.242 e. The molecule has 0 saturated heterocycles. The van der Waals surface area contributed by atoms with E-state index in [-0.39, 0.29) is 11.9 Å². The topological polar surface area (TPSA) is 50.4 Å². The Balaban J connectivity index is 2.35. The minimum Gasteiger partial charge on any atom is -0.385 e. The SMILES string of the molecule is CCc1ccc(NC(C)C(=O)NCCCOC)cc1. The molecule has 19 heavy (non-hydrogen) atoms. The summed E-state index contributed by atoms with van der Waals surface area (Å²) in [4.78, 5) is 11.8. The first kappa shape index (κ1) is 15.5. The molecule has 0 heterocycles. The van der Waals surface area contributed by atoms with Gasteiger partial charge in [-0.2, -0.15) is 0 Å². The third kappa shape index (κ3) is 5.75. The van der Waals surface area contributed by atoms with Crippen LogP contribution in [-0.4, -0.2) is 32.2 Å². The van der Waals surface area contributed by atoms with Gasteiger partial charge in [-0.05, 0) is 37.5 Å². The highest BCUT2D eigenvalue weighted by Gasteiger charge is 2.11. The zero-order valence-electron chi connectivity index (χ0n) is 12.0. The lowest BCUT2D eigenvalue weighted by atomic mass is 10.1. The molecule has 0 bridgehead atoms. The van der Waals surface area contributed by atoms with E-state index in [4.69, 9.17) is 4.74 Å². The molecule has 0 fully saturated rings. The van der Waals surface area contributed by atoms with Crippen molar-refractivity contribution in [1.82, 2.24) is 5.32 Å². The van der Waals surface area contributed by atoms with Crippen molar-refractivity contribution in [2.45, 2.75) is 32.7 Å². The monoisotopic (exact) mass is 264 g/mol. The lowest BCUT2D eigenvalue weighted by Gasteiger charge is -2.15. The number of ether oxygens (including phenoxy) is 1. The van der Waals surface area contributed by atoms with Crippen LogP contribution in [-0.2, 0) is 16.0 Å². The van der Waals surface area contributed by atoms with E-state index >= 15 is 0 Å². The van der Waals surface area contributed by atoms with Crippen molar-refractivity contribution in [2.75, 3.05) is 25.6 Å². The van der Waals surface area contributed by atoms with Crippen molar-refractivity contribution in [3.8, 4) is 0 Å². The molecular formula is C15H24N2O2. The van der Waals surface area contributed by atoms with Gasteiger partial charge < -0.3 is 15.4 Å². The number of aryl methyl sites for hydroxylation is 1. The molecule has 2 N–H and O–H groups in total. The van der Waals surface area contributed by atoms with E-state index in [0.717, 1.165) is 18.5 Å². The van der Waals surface area contributed by atoms with E-state index in [1.165, 1.54) is 5.56 Å². The van der Waals surface area contributed by atoms with Crippen molar-refractivity contribution in [2.24, 2.45) is 0 Å². The van der Waals surface area contributed by atoms with Crippen LogP contribution < -0.4 is 10.6 Å². The highest BCUT2D eigenvalue weighted by atomic mass is 16.5. The quantitative estimate of drug-likeness (QED) is 0.708. The van der Waals surface area contributed by atoms with Crippen LogP contribution in [0.3, 0.4) is 0 Å². The van der Waals surface area contributed by atoms with Gasteiger partial charge in [0.1, 0.15) is 6.04 Å². The highest BCUT2D eigenvalue weighted by molar-refractivity contribution is 5.84. The van der Waals surface area contributed by atoms with Crippen molar-refractivity contribution >= 4 is 11.6 Å². The Kier molecular flexibility index (Phi) is 6.97. The Morgan fingerprint density at radius 2 is 2.00 bits per heavy atom. The molecule has 1 unspecified atom stereocenters. The summed E-state index contributed by atoms with van der Waals surface area (Å²) in [6.07, 6.45) is 1.86. The van der Waals surface area contributed by atoms with Gasteiger partial charge in [-0.15, -0.1) is 0 Å². The van der Waals surface area contributed by atoms with E-state index in [0.29, 0.717) is 13.2 Å². The van der Waals surface area contributed by atoms with Crippen LogP contribution in [0.1, 0.15) is 25.8 Å². The van der Waals surface area contributed by atoms with Gasteiger partial charge in [0.15, 0.2) is 0 Å². The summed E-state index contributed by atoms with van der Waals surface area (Å²) in [7, 11) is 1.66. The fourth-order valence-corrected chi connectivity index (χ4v) is 1.73. The van der Waals surface area contributed by atoms with E-state index < -0.39 is 0 Å². The average molecular weight is 264 g/mol. The Hall–Kier alpha value is -1.55. The molecule has 0 aliphatic heterocycles. The van der Waals surface area contributed by atoms with Gasteiger partial charge in [-0.1, -0.05) is 19.1 Å². The summed E-state index contributed by atoms with van der Waals surface area (Å²) < 4.78 is 4.93. The maximum atomic E-state index is 11.8. The normalized spacial score (nSPS) is 11.9. The van der Waals surface area contributed by atoms with Crippen LogP contribution in [0, 0.1) is 0 Å². The Morgan fingerprint density at radius 3 is 2.58 bits per heavy atom. The van der Waals surface area contributed by atoms with Gasteiger partial charge >= 0.3 is 0 Å². The van der Waals surface area contributed by atoms with Crippen molar-refractivity contribution in [3.05, 3.63) is 29.8 Å². The summed E-state index contributed by atoms with van der Waals surface area (Å²) in [6, 6.07) is 7.92. The van der Waals surface area contributed by atoms with E-state index in [1.807, 2.05) is 19.1 Å². The van der Waals surface area contributed by atoms with Crippen LogP contribution in [0.15, 0.2) is 24.3 Å². The van der Waals surface area contributed by atoms with Gasteiger partial charge in [-0.25, -0.2) is 0 Å². The van der Waals surface area contributed by atoms with E-state index in [2.05, 4.69) is 29.7 Å². The first-order valence-corrected chi connectivity index (χ1v) is 6.79. The molecule has 0 radical (unpaired) electrons. The van der Waals surface area contributed by atoms with Crippen molar-refractivity contribution in [1.29, 1.82) is 0 Å². The molecule has 1 aromatic carbocycles.